The maximum absolute atomic E-state index is 12.3. The van der Waals surface area contributed by atoms with Gasteiger partial charge in [0.05, 0.1) is 0 Å². The van der Waals surface area contributed by atoms with Gasteiger partial charge in [-0.25, -0.2) is 0 Å². The van der Waals surface area contributed by atoms with Gasteiger partial charge >= 0.3 is 36.7 Å². The highest BCUT2D eigenvalue weighted by atomic mass is 19.4. The van der Waals surface area contributed by atoms with Crippen LogP contribution in [0.4, 0.5) is 57.1 Å². The van der Waals surface area contributed by atoms with Gasteiger partial charge in [-0.3, -0.25) is 4.74 Å². The van der Waals surface area contributed by atoms with Crippen LogP contribution in [0, 0.1) is 6.36 Å². The van der Waals surface area contributed by atoms with Gasteiger partial charge in [0.2, 0.25) is 0 Å². The minimum absolute atomic E-state index is 1.61. The van der Waals surface area contributed by atoms with E-state index < -0.39 is 36.7 Å². The Morgan fingerprint density at radius 2 is 0.950 bits per heavy atom. The Labute approximate surface area is 99.8 Å². The fourth-order valence-electron chi connectivity index (χ4n) is 0.595. The van der Waals surface area contributed by atoms with Crippen LogP contribution in [0.3, 0.4) is 0 Å². The van der Waals surface area contributed by atoms with Gasteiger partial charge < -0.3 is 0 Å². The van der Waals surface area contributed by atoms with Crippen molar-refractivity contribution in [3.05, 3.63) is 6.36 Å². The van der Waals surface area contributed by atoms with Gasteiger partial charge in [-0.2, -0.15) is 57.1 Å². The van der Waals surface area contributed by atoms with E-state index in [4.69, 9.17) is 0 Å². The van der Waals surface area contributed by atoms with E-state index in [9.17, 15) is 57.1 Å². The van der Waals surface area contributed by atoms with Crippen molar-refractivity contribution < 1.29 is 61.8 Å². The molecule has 0 aliphatic rings. The molecule has 0 rings (SSSR count). The molecule has 0 saturated heterocycles. The zero-order chi connectivity index (χ0) is 16.8. The highest BCUT2D eigenvalue weighted by Gasteiger charge is 2.83. The predicted octanol–water partition coefficient (Wildman–Crippen LogP) is 4.45. The zero-order valence-corrected chi connectivity index (χ0v) is 8.32. The number of halogens is 13. The third kappa shape index (κ3) is 3.20. The number of hydrogen-bond donors (Lipinski definition) is 0. The lowest BCUT2D eigenvalue weighted by Gasteiger charge is -2.33. The summed E-state index contributed by atoms with van der Waals surface area (Å²) in [5, 5.41) is 0. The third-order valence-electron chi connectivity index (χ3n) is 1.56. The van der Waals surface area contributed by atoms with Crippen LogP contribution in [0.25, 0.3) is 0 Å². The van der Waals surface area contributed by atoms with E-state index in [1.807, 2.05) is 0 Å². The molecule has 0 unspecified atom stereocenters. The van der Waals surface area contributed by atoms with Crippen LogP contribution in [0.1, 0.15) is 0 Å². The maximum atomic E-state index is 12.3. The van der Waals surface area contributed by atoms with Crippen LogP contribution in [0.2, 0.25) is 0 Å². The van der Waals surface area contributed by atoms with Crippen molar-refractivity contribution in [3.63, 3.8) is 0 Å². The Kier molecular flexibility index (Phi) is 4.58. The van der Waals surface area contributed by atoms with Crippen molar-refractivity contribution in [3.8, 4) is 0 Å². The molecule has 0 aliphatic carbocycles. The molecule has 0 spiro atoms. The average molecular weight is 335 g/mol. The van der Waals surface area contributed by atoms with Crippen molar-refractivity contribution in [1.29, 1.82) is 0 Å². The van der Waals surface area contributed by atoms with E-state index in [0.717, 1.165) is 0 Å². The van der Waals surface area contributed by atoms with Crippen LogP contribution >= 0.6 is 0 Å². The minimum atomic E-state index is -7.50. The third-order valence-corrected chi connectivity index (χ3v) is 1.56. The first-order valence-electron chi connectivity index (χ1n) is 3.87. The summed E-state index contributed by atoms with van der Waals surface area (Å²) in [6.45, 7) is 0. The first kappa shape index (κ1) is 19.1. The van der Waals surface area contributed by atoms with Crippen molar-refractivity contribution in [2.24, 2.45) is 0 Å². The normalized spacial score (nSPS) is 15.9. The van der Waals surface area contributed by atoms with E-state index in [-0.39, 0.29) is 0 Å². The molecule has 1 radical (unpaired) electrons. The molecular weight excluding hydrogens is 335 g/mol. The first-order valence-corrected chi connectivity index (χ1v) is 3.87. The number of hydrogen-bond acceptors (Lipinski definition) is 1. The SMILES string of the molecule is F[C](OC(F)(F)C(F)(F)C(F)(F)C(F)(F)F)C(F)(F)F. The Hall–Kier alpha value is -0.950. The minimum Gasteiger partial charge on any atom is -0.265 e. The number of alkyl halides is 12. The van der Waals surface area contributed by atoms with E-state index in [2.05, 4.69) is 0 Å². The van der Waals surface area contributed by atoms with Gasteiger partial charge in [-0.1, -0.05) is 0 Å². The lowest BCUT2D eigenvalue weighted by Crippen LogP contribution is -2.62. The monoisotopic (exact) mass is 335 g/mol. The summed E-state index contributed by atoms with van der Waals surface area (Å²) in [6.07, 6.45) is -25.1. The quantitative estimate of drug-likeness (QED) is 0.690. The van der Waals surface area contributed by atoms with Crippen molar-refractivity contribution in [1.82, 2.24) is 0 Å². The molecule has 0 fully saturated rings. The first-order chi connectivity index (χ1) is 8.38. The van der Waals surface area contributed by atoms with Crippen LogP contribution in [0.15, 0.2) is 0 Å². The Bertz CT molecular complexity index is 338. The topological polar surface area (TPSA) is 9.23 Å². The molecule has 0 heterocycles. The van der Waals surface area contributed by atoms with Gasteiger partial charge in [0, 0.05) is 0 Å². The van der Waals surface area contributed by atoms with E-state index >= 15 is 0 Å². The Balaban J connectivity index is 5.48. The smallest absolute Gasteiger partial charge is 0.265 e. The molecule has 20 heavy (non-hydrogen) atoms. The average Bonchev–Trinajstić information content (AvgIpc) is 2.12. The fourth-order valence-corrected chi connectivity index (χ4v) is 0.595. The second-order valence-corrected chi connectivity index (χ2v) is 3.04. The summed E-state index contributed by atoms with van der Waals surface area (Å²) < 4.78 is 156. The maximum Gasteiger partial charge on any atom is 0.460 e. The lowest BCUT2D eigenvalue weighted by atomic mass is 10.1. The van der Waals surface area contributed by atoms with Crippen LogP contribution in [0.5, 0.6) is 0 Å². The van der Waals surface area contributed by atoms with Gasteiger partial charge in [0.15, 0.2) is 0 Å². The molecule has 1 nitrogen and oxygen atoms in total. The summed E-state index contributed by atoms with van der Waals surface area (Å²) >= 11 is 0. The summed E-state index contributed by atoms with van der Waals surface area (Å²) in [5.41, 5.74) is 0. The second kappa shape index (κ2) is 4.80. The van der Waals surface area contributed by atoms with Crippen LogP contribution in [-0.2, 0) is 4.74 Å². The van der Waals surface area contributed by atoms with Gasteiger partial charge in [0.25, 0.3) is 0 Å². The number of ether oxygens (including phenoxy) is 1. The van der Waals surface area contributed by atoms with Crippen LogP contribution in [-0.4, -0.2) is 30.3 Å². The zero-order valence-electron chi connectivity index (χ0n) is 8.32. The second-order valence-electron chi connectivity index (χ2n) is 3.04. The highest BCUT2D eigenvalue weighted by Crippen LogP contribution is 2.54. The van der Waals surface area contributed by atoms with Gasteiger partial charge in [0.1, 0.15) is 0 Å². The molecule has 0 aromatic rings. The van der Waals surface area contributed by atoms with Gasteiger partial charge in [-0.15, -0.1) is 0 Å². The largest absolute Gasteiger partial charge is 0.460 e. The van der Waals surface area contributed by atoms with Crippen molar-refractivity contribution >= 4 is 0 Å². The van der Waals surface area contributed by atoms with Gasteiger partial charge in [-0.05, 0) is 0 Å². The molecule has 0 amide bonds. The molecular formula is C6F13O. The highest BCUT2D eigenvalue weighted by molar-refractivity contribution is 4.98. The van der Waals surface area contributed by atoms with Crippen molar-refractivity contribution in [2.45, 2.75) is 30.3 Å². The van der Waals surface area contributed by atoms with E-state index in [0.29, 0.717) is 0 Å². The fraction of sp³-hybridized carbons (Fsp3) is 0.833. The van der Waals surface area contributed by atoms with E-state index in [1.165, 1.54) is 0 Å². The lowest BCUT2D eigenvalue weighted by molar-refractivity contribution is -0.453. The molecule has 121 valence electrons. The standard InChI is InChI=1S/C6F13O/c7-1(2(8,9)10)20-6(18,19)4(13,14)3(11,12)5(15,16)17. The Morgan fingerprint density at radius 3 is 1.20 bits per heavy atom. The van der Waals surface area contributed by atoms with Crippen LogP contribution < -0.4 is 0 Å². The number of rotatable bonds is 4. The molecule has 0 atom stereocenters. The molecule has 0 saturated carbocycles. The summed E-state index contributed by atoms with van der Waals surface area (Å²) in [4.78, 5) is 0. The van der Waals surface area contributed by atoms with E-state index in [1.54, 1.807) is 4.74 Å². The molecule has 0 aliphatic heterocycles. The summed E-state index contributed by atoms with van der Waals surface area (Å²) in [7, 11) is 0. The molecule has 0 aromatic heterocycles. The molecule has 0 N–H and O–H groups in total. The predicted molar refractivity (Wildman–Crippen MR) is 32.4 cm³/mol. The molecule has 0 aromatic carbocycles. The Morgan fingerprint density at radius 1 is 0.600 bits per heavy atom. The summed E-state index contributed by atoms with van der Waals surface area (Å²) in [5.74, 6) is -15.0. The van der Waals surface area contributed by atoms with Crippen molar-refractivity contribution in [2.75, 3.05) is 0 Å². The molecule has 0 bridgehead atoms. The summed E-state index contributed by atoms with van der Waals surface area (Å²) in [6, 6.07) is 0. The molecule has 14 heteroatoms.